The lowest BCUT2D eigenvalue weighted by molar-refractivity contribution is 0.0600. The van der Waals surface area contributed by atoms with Gasteiger partial charge in [0.05, 0.1) is 25.0 Å². The number of rotatable bonds is 2. The van der Waals surface area contributed by atoms with E-state index in [0.29, 0.717) is 17.0 Å². The molecule has 0 aromatic carbocycles. The number of pyridine rings is 1. The Morgan fingerprint density at radius 2 is 2.31 bits per heavy atom. The number of aryl methyl sites for hydroxylation is 1. The minimum atomic E-state index is -0.416. The number of aromatic nitrogens is 1. The van der Waals surface area contributed by atoms with Crippen LogP contribution in [0.25, 0.3) is 0 Å². The minimum Gasteiger partial charge on any atom is -0.465 e. The third-order valence-electron chi connectivity index (χ3n) is 1.59. The van der Waals surface area contributed by atoms with E-state index in [1.165, 1.54) is 13.2 Å². The van der Waals surface area contributed by atoms with Crippen molar-refractivity contribution in [3.8, 4) is 0 Å². The van der Waals surface area contributed by atoms with Gasteiger partial charge in [0.25, 0.3) is 0 Å². The van der Waals surface area contributed by atoms with E-state index in [-0.39, 0.29) is 6.61 Å². The quantitative estimate of drug-likeness (QED) is 0.681. The van der Waals surface area contributed by atoms with Gasteiger partial charge in [-0.3, -0.25) is 4.98 Å². The standard InChI is InChI=1S/C9H11NO3/c1-6-3-7(9(12)13-2)4-8(5-11)10-6/h3-4,11H,5H2,1-2H3. The second-order valence-electron chi connectivity index (χ2n) is 2.64. The molecule has 0 unspecified atom stereocenters. The van der Waals surface area contributed by atoms with Gasteiger partial charge in [-0.2, -0.15) is 0 Å². The van der Waals surface area contributed by atoms with Crippen molar-refractivity contribution in [1.29, 1.82) is 0 Å². The van der Waals surface area contributed by atoms with E-state index in [2.05, 4.69) is 9.72 Å². The summed E-state index contributed by atoms with van der Waals surface area (Å²) in [7, 11) is 1.32. The van der Waals surface area contributed by atoms with Crippen LogP contribution in [0, 0.1) is 6.92 Å². The topological polar surface area (TPSA) is 59.4 Å². The lowest BCUT2D eigenvalue weighted by Crippen LogP contribution is -2.04. The van der Waals surface area contributed by atoms with Gasteiger partial charge < -0.3 is 9.84 Å². The Morgan fingerprint density at radius 3 is 2.85 bits per heavy atom. The highest BCUT2D eigenvalue weighted by atomic mass is 16.5. The molecule has 0 aliphatic heterocycles. The predicted octanol–water partition coefficient (Wildman–Crippen LogP) is 0.669. The van der Waals surface area contributed by atoms with Crippen molar-refractivity contribution in [3.63, 3.8) is 0 Å². The van der Waals surface area contributed by atoms with Crippen molar-refractivity contribution in [2.45, 2.75) is 13.5 Å². The summed E-state index contributed by atoms with van der Waals surface area (Å²) < 4.78 is 4.54. The molecule has 0 radical (unpaired) electrons. The molecule has 4 heteroatoms. The fourth-order valence-corrected chi connectivity index (χ4v) is 1.05. The molecule has 0 saturated heterocycles. The molecule has 4 nitrogen and oxygen atoms in total. The highest BCUT2D eigenvalue weighted by Crippen LogP contribution is 2.06. The number of ether oxygens (including phenoxy) is 1. The van der Waals surface area contributed by atoms with Gasteiger partial charge in [-0.25, -0.2) is 4.79 Å². The second kappa shape index (κ2) is 4.00. The first-order valence-electron chi connectivity index (χ1n) is 3.84. The maximum absolute atomic E-state index is 11.1. The molecular formula is C9H11NO3. The first-order valence-corrected chi connectivity index (χ1v) is 3.84. The minimum absolute atomic E-state index is 0.175. The van der Waals surface area contributed by atoms with Gasteiger partial charge in [0, 0.05) is 5.69 Å². The van der Waals surface area contributed by atoms with Crippen molar-refractivity contribution < 1.29 is 14.6 Å². The lowest BCUT2D eigenvalue weighted by Gasteiger charge is -2.02. The van der Waals surface area contributed by atoms with Gasteiger partial charge in [-0.1, -0.05) is 0 Å². The van der Waals surface area contributed by atoms with Crippen LogP contribution in [0.4, 0.5) is 0 Å². The van der Waals surface area contributed by atoms with Gasteiger partial charge >= 0.3 is 5.97 Å². The monoisotopic (exact) mass is 181 g/mol. The van der Waals surface area contributed by atoms with Gasteiger partial charge in [0.2, 0.25) is 0 Å². The average Bonchev–Trinajstić information content (AvgIpc) is 2.15. The van der Waals surface area contributed by atoms with Crippen LogP contribution < -0.4 is 0 Å². The normalized spacial score (nSPS) is 9.77. The Hall–Kier alpha value is -1.42. The SMILES string of the molecule is COC(=O)c1cc(C)nc(CO)c1. The summed E-state index contributed by atoms with van der Waals surface area (Å²) in [5.41, 5.74) is 1.58. The third kappa shape index (κ3) is 2.26. The number of carbonyl (C=O) groups excluding carboxylic acids is 1. The average molecular weight is 181 g/mol. The molecule has 0 fully saturated rings. The maximum Gasteiger partial charge on any atom is 0.337 e. The van der Waals surface area contributed by atoms with E-state index in [1.807, 2.05) is 0 Å². The molecule has 0 bridgehead atoms. The fourth-order valence-electron chi connectivity index (χ4n) is 1.05. The summed E-state index contributed by atoms with van der Waals surface area (Å²) in [6.45, 7) is 1.58. The Labute approximate surface area is 76.2 Å². The Kier molecular flexibility index (Phi) is 2.97. The summed E-state index contributed by atoms with van der Waals surface area (Å²) in [5.74, 6) is -0.416. The van der Waals surface area contributed by atoms with E-state index < -0.39 is 5.97 Å². The van der Waals surface area contributed by atoms with Gasteiger partial charge in [0.1, 0.15) is 0 Å². The molecular weight excluding hydrogens is 170 g/mol. The van der Waals surface area contributed by atoms with Gasteiger partial charge in [-0.15, -0.1) is 0 Å². The summed E-state index contributed by atoms with van der Waals surface area (Å²) >= 11 is 0. The first kappa shape index (κ1) is 9.67. The molecule has 0 spiro atoms. The number of methoxy groups -OCH3 is 1. The zero-order chi connectivity index (χ0) is 9.84. The number of aliphatic hydroxyl groups is 1. The summed E-state index contributed by atoms with van der Waals surface area (Å²) in [6, 6.07) is 3.13. The molecule has 1 N–H and O–H groups in total. The number of hydrogen-bond donors (Lipinski definition) is 1. The molecule has 1 aromatic rings. The third-order valence-corrected chi connectivity index (χ3v) is 1.59. The van der Waals surface area contributed by atoms with Crippen LogP contribution >= 0.6 is 0 Å². The first-order chi connectivity index (χ1) is 6.17. The molecule has 0 aliphatic rings. The molecule has 1 heterocycles. The lowest BCUT2D eigenvalue weighted by atomic mass is 10.2. The highest BCUT2D eigenvalue weighted by molar-refractivity contribution is 5.89. The van der Waals surface area contributed by atoms with Crippen LogP contribution in [0.1, 0.15) is 21.7 Å². The number of carbonyl (C=O) groups is 1. The maximum atomic E-state index is 11.1. The zero-order valence-corrected chi connectivity index (χ0v) is 7.57. The number of nitrogens with zero attached hydrogens (tertiary/aromatic N) is 1. The molecule has 0 aliphatic carbocycles. The molecule has 70 valence electrons. The Bertz CT molecular complexity index is 323. The van der Waals surface area contributed by atoms with E-state index >= 15 is 0 Å². The van der Waals surface area contributed by atoms with Crippen LogP contribution in [0.2, 0.25) is 0 Å². The van der Waals surface area contributed by atoms with E-state index in [0.717, 1.165) is 0 Å². The molecule has 13 heavy (non-hydrogen) atoms. The second-order valence-corrected chi connectivity index (χ2v) is 2.64. The smallest absolute Gasteiger partial charge is 0.337 e. The molecule has 0 saturated carbocycles. The number of aliphatic hydroxyl groups excluding tert-OH is 1. The van der Waals surface area contributed by atoms with E-state index in [4.69, 9.17) is 5.11 Å². The fraction of sp³-hybridized carbons (Fsp3) is 0.333. The molecule has 0 amide bonds. The van der Waals surface area contributed by atoms with Crippen molar-refractivity contribution >= 4 is 5.97 Å². The predicted molar refractivity (Wildman–Crippen MR) is 46.2 cm³/mol. The van der Waals surface area contributed by atoms with Crippen LogP contribution in [-0.4, -0.2) is 23.2 Å². The van der Waals surface area contributed by atoms with E-state index in [9.17, 15) is 4.79 Å². The van der Waals surface area contributed by atoms with Crippen molar-refractivity contribution in [3.05, 3.63) is 29.1 Å². The van der Waals surface area contributed by atoms with Gasteiger partial charge in [-0.05, 0) is 19.1 Å². The van der Waals surface area contributed by atoms with Gasteiger partial charge in [0.15, 0.2) is 0 Å². The molecule has 0 atom stereocenters. The summed E-state index contributed by atoms with van der Waals surface area (Å²) in [5, 5.41) is 8.83. The highest BCUT2D eigenvalue weighted by Gasteiger charge is 2.07. The van der Waals surface area contributed by atoms with Crippen LogP contribution in [-0.2, 0) is 11.3 Å². The summed E-state index contributed by atoms with van der Waals surface area (Å²) in [4.78, 5) is 15.1. The van der Waals surface area contributed by atoms with Crippen molar-refractivity contribution in [2.75, 3.05) is 7.11 Å². The number of esters is 1. The zero-order valence-electron chi connectivity index (χ0n) is 7.57. The molecule has 1 rings (SSSR count). The van der Waals surface area contributed by atoms with E-state index in [1.54, 1.807) is 13.0 Å². The van der Waals surface area contributed by atoms with Crippen molar-refractivity contribution in [2.24, 2.45) is 0 Å². The van der Waals surface area contributed by atoms with Crippen LogP contribution in [0.15, 0.2) is 12.1 Å². The Morgan fingerprint density at radius 1 is 1.62 bits per heavy atom. The largest absolute Gasteiger partial charge is 0.465 e. The van der Waals surface area contributed by atoms with Crippen LogP contribution in [0.5, 0.6) is 0 Å². The van der Waals surface area contributed by atoms with Crippen molar-refractivity contribution in [1.82, 2.24) is 4.98 Å². The van der Waals surface area contributed by atoms with Crippen LogP contribution in [0.3, 0.4) is 0 Å². The Balaban J connectivity index is 3.08. The number of hydrogen-bond acceptors (Lipinski definition) is 4. The molecule has 1 aromatic heterocycles. The summed E-state index contributed by atoms with van der Waals surface area (Å²) in [6.07, 6.45) is 0.